The van der Waals surface area contributed by atoms with Crippen molar-refractivity contribution in [3.05, 3.63) is 42.5 Å². The van der Waals surface area contributed by atoms with E-state index in [2.05, 4.69) is 21.7 Å². The van der Waals surface area contributed by atoms with Gasteiger partial charge in [0.05, 0.1) is 21.8 Å². The summed E-state index contributed by atoms with van der Waals surface area (Å²) in [7, 11) is 0. The van der Waals surface area contributed by atoms with Gasteiger partial charge in [-0.15, -0.1) is 5.53 Å². The van der Waals surface area contributed by atoms with Crippen LogP contribution in [0, 0.1) is 5.82 Å². The Bertz CT molecular complexity index is 325. The predicted molar refractivity (Wildman–Crippen MR) is 51.9 cm³/mol. The topological polar surface area (TPSA) is 18.5 Å². The average Bonchev–Trinajstić information content (AvgIpc) is 2.53. The molecule has 0 unspecified atom stereocenters. The van der Waals surface area contributed by atoms with Crippen LogP contribution in [-0.2, 0) is 0 Å². The minimum absolute atomic E-state index is 0.234. The number of anilines is 1. The zero-order valence-electron chi connectivity index (χ0n) is 6.61. The van der Waals surface area contributed by atoms with Gasteiger partial charge in [-0.25, -0.2) is 8.43 Å². The van der Waals surface area contributed by atoms with Crippen molar-refractivity contribution in [1.29, 1.82) is 0 Å². The maximum Gasteiger partial charge on any atom is 0.123 e. The fraction of sp³-hybridized carbons (Fsp3) is 0. The van der Waals surface area contributed by atoms with E-state index in [0.29, 0.717) is 0 Å². The maximum atomic E-state index is 12.6. The van der Waals surface area contributed by atoms with Gasteiger partial charge in [-0.3, -0.25) is 5.01 Å². The van der Waals surface area contributed by atoms with Crippen LogP contribution >= 0.6 is 16.1 Å². The van der Waals surface area contributed by atoms with E-state index in [1.807, 2.05) is 6.20 Å². The van der Waals surface area contributed by atoms with E-state index in [0.717, 1.165) is 5.69 Å². The highest BCUT2D eigenvalue weighted by molar-refractivity contribution is 9.07. The molecule has 1 aliphatic rings. The Morgan fingerprint density at radius 1 is 1.15 bits per heavy atom. The Morgan fingerprint density at radius 3 is 2.38 bits per heavy atom. The summed E-state index contributed by atoms with van der Waals surface area (Å²) in [5.74, 6) is -0.234. The molecule has 1 N–H and O–H groups in total. The van der Waals surface area contributed by atoms with Crippen LogP contribution in [0.5, 0.6) is 0 Å². The molecule has 0 aromatic heterocycles. The highest BCUT2D eigenvalue weighted by Crippen LogP contribution is 2.17. The first kappa shape index (κ1) is 8.52. The molecule has 5 heteroatoms. The number of nitrogens with one attached hydrogen (secondary N) is 1. The molecule has 0 aliphatic carbocycles. The Kier molecular flexibility index (Phi) is 2.20. The van der Waals surface area contributed by atoms with Gasteiger partial charge >= 0.3 is 0 Å². The number of nitrogens with zero attached hydrogens (tertiary/aromatic N) is 2. The second kappa shape index (κ2) is 3.35. The Labute approximate surface area is 83.7 Å². The Balaban J connectivity index is 2.18. The third kappa shape index (κ3) is 1.81. The second-order valence-corrected chi connectivity index (χ2v) is 3.32. The summed E-state index contributed by atoms with van der Waals surface area (Å²) in [6.07, 6.45) is 3.62. The quantitative estimate of drug-likeness (QED) is 0.763. The first-order valence-electron chi connectivity index (χ1n) is 3.70. The lowest BCUT2D eigenvalue weighted by Gasteiger charge is -2.17. The molecular formula is C8H7BrFN3. The monoisotopic (exact) mass is 243 g/mol. The zero-order valence-corrected chi connectivity index (χ0v) is 8.20. The van der Waals surface area contributed by atoms with Gasteiger partial charge in [0.15, 0.2) is 0 Å². The molecule has 2 rings (SSSR count). The molecule has 1 aliphatic heterocycles. The van der Waals surface area contributed by atoms with Crippen molar-refractivity contribution < 1.29 is 4.39 Å². The van der Waals surface area contributed by atoms with Crippen molar-refractivity contribution in [3.63, 3.8) is 0 Å². The molecule has 0 amide bonds. The molecule has 1 heterocycles. The van der Waals surface area contributed by atoms with Crippen LogP contribution in [0.25, 0.3) is 0 Å². The lowest BCUT2D eigenvalue weighted by molar-refractivity contribution is 0.508. The van der Waals surface area contributed by atoms with Crippen molar-refractivity contribution in [1.82, 2.24) is 9.57 Å². The largest absolute Gasteiger partial charge is 0.264 e. The van der Waals surface area contributed by atoms with Gasteiger partial charge in [-0.1, -0.05) is 0 Å². The van der Waals surface area contributed by atoms with Crippen LogP contribution in [0.1, 0.15) is 0 Å². The highest BCUT2D eigenvalue weighted by atomic mass is 79.9. The summed E-state index contributed by atoms with van der Waals surface area (Å²) in [5, 5.41) is 1.76. The van der Waals surface area contributed by atoms with Crippen molar-refractivity contribution in [2.45, 2.75) is 0 Å². The van der Waals surface area contributed by atoms with Crippen molar-refractivity contribution in [2.75, 3.05) is 5.01 Å². The van der Waals surface area contributed by atoms with E-state index in [-0.39, 0.29) is 5.82 Å². The van der Waals surface area contributed by atoms with Crippen LogP contribution in [0.3, 0.4) is 0 Å². The number of benzene rings is 1. The SMILES string of the molecule is Fc1ccc(N2C=CN(Br)N2)cc1. The van der Waals surface area contributed by atoms with Gasteiger partial charge in [0.2, 0.25) is 0 Å². The number of hydrogen-bond acceptors (Lipinski definition) is 3. The fourth-order valence-corrected chi connectivity index (χ4v) is 1.32. The fourth-order valence-electron chi connectivity index (χ4n) is 1.04. The molecule has 0 saturated heterocycles. The smallest absolute Gasteiger partial charge is 0.123 e. The summed E-state index contributed by atoms with van der Waals surface area (Å²) >= 11 is 3.21. The molecule has 68 valence electrons. The molecule has 0 bridgehead atoms. The van der Waals surface area contributed by atoms with Gasteiger partial charge in [-0.05, 0) is 24.3 Å². The number of rotatable bonds is 1. The van der Waals surface area contributed by atoms with Gasteiger partial charge in [0.1, 0.15) is 5.82 Å². The van der Waals surface area contributed by atoms with Gasteiger partial charge in [0.25, 0.3) is 0 Å². The van der Waals surface area contributed by atoms with Crippen LogP contribution in [0.4, 0.5) is 10.1 Å². The normalized spacial score (nSPS) is 15.5. The van der Waals surface area contributed by atoms with E-state index in [1.54, 1.807) is 27.4 Å². The van der Waals surface area contributed by atoms with Crippen LogP contribution in [0.15, 0.2) is 36.7 Å². The molecule has 1 aromatic rings. The first-order chi connectivity index (χ1) is 6.25. The molecule has 0 atom stereocenters. The average molecular weight is 244 g/mol. The van der Waals surface area contributed by atoms with Gasteiger partial charge in [0, 0.05) is 12.4 Å². The standard InChI is InChI=1S/C8H7BrFN3/c9-13-6-5-12(11-13)8-3-1-7(10)2-4-8/h1-6,11H. The third-order valence-corrected chi connectivity index (χ3v) is 2.05. The molecule has 0 spiro atoms. The van der Waals surface area contributed by atoms with Gasteiger partial charge in [-0.2, -0.15) is 0 Å². The van der Waals surface area contributed by atoms with Gasteiger partial charge < -0.3 is 0 Å². The van der Waals surface area contributed by atoms with E-state index >= 15 is 0 Å². The molecule has 0 radical (unpaired) electrons. The van der Waals surface area contributed by atoms with Crippen LogP contribution in [-0.4, -0.2) is 4.03 Å². The molecule has 13 heavy (non-hydrogen) atoms. The number of hydrogen-bond donors (Lipinski definition) is 1. The van der Waals surface area contributed by atoms with E-state index in [4.69, 9.17) is 0 Å². The van der Waals surface area contributed by atoms with Crippen molar-refractivity contribution >= 4 is 21.8 Å². The van der Waals surface area contributed by atoms with E-state index in [9.17, 15) is 4.39 Å². The molecule has 1 aromatic carbocycles. The van der Waals surface area contributed by atoms with E-state index in [1.165, 1.54) is 12.1 Å². The van der Waals surface area contributed by atoms with Crippen molar-refractivity contribution in [3.8, 4) is 0 Å². The summed E-state index contributed by atoms with van der Waals surface area (Å²) in [5.41, 5.74) is 3.81. The highest BCUT2D eigenvalue weighted by Gasteiger charge is 2.10. The Morgan fingerprint density at radius 2 is 1.85 bits per heavy atom. The number of halogens is 2. The minimum atomic E-state index is -0.234. The summed E-state index contributed by atoms with van der Waals surface area (Å²) in [6.45, 7) is 0. The van der Waals surface area contributed by atoms with Crippen LogP contribution < -0.4 is 10.5 Å². The summed E-state index contributed by atoms with van der Waals surface area (Å²) < 4.78 is 14.2. The molecular weight excluding hydrogens is 237 g/mol. The predicted octanol–water partition coefficient (Wildman–Crippen LogP) is 2.15. The lowest BCUT2D eigenvalue weighted by atomic mass is 10.3. The molecule has 0 fully saturated rings. The van der Waals surface area contributed by atoms with E-state index < -0.39 is 0 Å². The van der Waals surface area contributed by atoms with Crippen LogP contribution in [0.2, 0.25) is 0 Å². The summed E-state index contributed by atoms with van der Waals surface area (Å²) in [4.78, 5) is 0. The zero-order chi connectivity index (χ0) is 9.26. The molecule has 0 saturated carbocycles. The number of hydrazine groups is 2. The second-order valence-electron chi connectivity index (χ2n) is 2.56. The third-order valence-electron chi connectivity index (χ3n) is 1.65. The molecule has 3 nitrogen and oxygen atoms in total. The minimum Gasteiger partial charge on any atom is -0.264 e. The van der Waals surface area contributed by atoms with Crippen molar-refractivity contribution in [2.24, 2.45) is 0 Å². The Hall–Kier alpha value is -1.07. The first-order valence-corrected chi connectivity index (χ1v) is 4.41. The lowest BCUT2D eigenvalue weighted by Crippen LogP contribution is -2.33. The maximum absolute atomic E-state index is 12.6. The summed E-state index contributed by atoms with van der Waals surface area (Å²) in [6, 6.07) is 6.22.